The van der Waals surface area contributed by atoms with Crippen molar-refractivity contribution in [2.75, 3.05) is 7.11 Å². The van der Waals surface area contributed by atoms with Crippen LogP contribution in [0.1, 0.15) is 11.1 Å². The Kier molecular flexibility index (Phi) is 5.73. The van der Waals surface area contributed by atoms with Crippen LogP contribution < -0.4 is 4.74 Å². The van der Waals surface area contributed by atoms with Crippen LogP contribution in [0.4, 0.5) is 0 Å². The molecular formula is C23H21N3OS. The van der Waals surface area contributed by atoms with E-state index >= 15 is 0 Å². The third kappa shape index (κ3) is 4.26. The number of thioether (sulfide) groups is 1. The molecule has 0 N–H and O–H groups in total. The lowest BCUT2D eigenvalue weighted by atomic mass is 10.2. The number of benzene rings is 3. The molecule has 4 nitrogen and oxygen atoms in total. The third-order valence-electron chi connectivity index (χ3n) is 4.46. The van der Waals surface area contributed by atoms with Crippen LogP contribution in [0.3, 0.4) is 0 Å². The van der Waals surface area contributed by atoms with Gasteiger partial charge in [0.25, 0.3) is 0 Å². The lowest BCUT2D eigenvalue weighted by Gasteiger charge is -2.11. The van der Waals surface area contributed by atoms with Crippen molar-refractivity contribution in [3.8, 4) is 17.1 Å². The molecule has 0 saturated heterocycles. The van der Waals surface area contributed by atoms with Gasteiger partial charge in [-0.25, -0.2) is 0 Å². The molecule has 4 rings (SSSR count). The summed E-state index contributed by atoms with van der Waals surface area (Å²) in [4.78, 5) is 0. The van der Waals surface area contributed by atoms with E-state index in [9.17, 15) is 0 Å². The Hall–Kier alpha value is -3.05. The maximum Gasteiger partial charge on any atom is 0.192 e. The van der Waals surface area contributed by atoms with Crippen LogP contribution in [0.5, 0.6) is 5.75 Å². The molecule has 0 unspecified atom stereocenters. The van der Waals surface area contributed by atoms with E-state index in [1.807, 2.05) is 36.4 Å². The van der Waals surface area contributed by atoms with Crippen molar-refractivity contribution in [2.45, 2.75) is 17.5 Å². The Morgan fingerprint density at radius 3 is 2.07 bits per heavy atom. The maximum absolute atomic E-state index is 5.28. The van der Waals surface area contributed by atoms with Crippen LogP contribution in [-0.2, 0) is 12.3 Å². The fourth-order valence-electron chi connectivity index (χ4n) is 2.98. The molecule has 0 aliphatic carbocycles. The second-order valence-corrected chi connectivity index (χ2v) is 7.32. The molecule has 0 aliphatic rings. The summed E-state index contributed by atoms with van der Waals surface area (Å²) in [5.74, 6) is 2.55. The first-order valence-electron chi connectivity index (χ1n) is 9.12. The van der Waals surface area contributed by atoms with Gasteiger partial charge in [0.15, 0.2) is 11.0 Å². The van der Waals surface area contributed by atoms with Crippen molar-refractivity contribution in [1.29, 1.82) is 0 Å². The van der Waals surface area contributed by atoms with Crippen LogP contribution in [0, 0.1) is 0 Å². The van der Waals surface area contributed by atoms with Gasteiger partial charge >= 0.3 is 0 Å². The van der Waals surface area contributed by atoms with Gasteiger partial charge in [-0.15, -0.1) is 10.2 Å². The first kappa shape index (κ1) is 18.3. The highest BCUT2D eigenvalue weighted by Crippen LogP contribution is 2.28. The summed E-state index contributed by atoms with van der Waals surface area (Å²) < 4.78 is 7.46. The van der Waals surface area contributed by atoms with Crippen molar-refractivity contribution in [3.05, 3.63) is 96.1 Å². The minimum Gasteiger partial charge on any atom is -0.497 e. The van der Waals surface area contributed by atoms with E-state index < -0.39 is 0 Å². The molecule has 140 valence electrons. The molecule has 5 heteroatoms. The van der Waals surface area contributed by atoms with Gasteiger partial charge in [-0.05, 0) is 35.4 Å². The molecule has 0 radical (unpaired) electrons. The smallest absolute Gasteiger partial charge is 0.192 e. The van der Waals surface area contributed by atoms with Crippen molar-refractivity contribution in [2.24, 2.45) is 0 Å². The molecule has 0 saturated carbocycles. The van der Waals surface area contributed by atoms with E-state index in [2.05, 4.69) is 63.3 Å². The number of nitrogens with zero attached hydrogens (tertiary/aromatic N) is 3. The Labute approximate surface area is 169 Å². The summed E-state index contributed by atoms with van der Waals surface area (Å²) in [6.45, 7) is 0.728. The Balaban J connectivity index is 1.66. The van der Waals surface area contributed by atoms with Gasteiger partial charge in [0, 0.05) is 11.3 Å². The first-order chi connectivity index (χ1) is 13.8. The molecule has 1 heterocycles. The van der Waals surface area contributed by atoms with Gasteiger partial charge in [0.2, 0.25) is 0 Å². The Bertz CT molecular complexity index is 1010. The van der Waals surface area contributed by atoms with Crippen molar-refractivity contribution in [3.63, 3.8) is 0 Å². The van der Waals surface area contributed by atoms with E-state index in [0.717, 1.165) is 34.6 Å². The normalized spacial score (nSPS) is 10.8. The van der Waals surface area contributed by atoms with Crippen molar-refractivity contribution in [1.82, 2.24) is 14.8 Å². The number of hydrogen-bond acceptors (Lipinski definition) is 4. The van der Waals surface area contributed by atoms with Crippen LogP contribution >= 0.6 is 11.8 Å². The van der Waals surface area contributed by atoms with Gasteiger partial charge in [-0.1, -0.05) is 72.4 Å². The van der Waals surface area contributed by atoms with Crippen LogP contribution in [-0.4, -0.2) is 21.9 Å². The zero-order valence-electron chi connectivity index (χ0n) is 15.7. The second-order valence-electron chi connectivity index (χ2n) is 6.38. The highest BCUT2D eigenvalue weighted by molar-refractivity contribution is 7.98. The number of methoxy groups -OCH3 is 1. The SMILES string of the molecule is COc1ccc(-c2nnc(SCc3ccccc3)n2Cc2ccccc2)cc1. The predicted molar refractivity (Wildman–Crippen MR) is 114 cm³/mol. The minimum absolute atomic E-state index is 0.728. The monoisotopic (exact) mass is 387 g/mol. The van der Waals surface area contributed by atoms with E-state index in [1.54, 1.807) is 18.9 Å². The summed E-state index contributed by atoms with van der Waals surface area (Å²) in [7, 11) is 1.67. The fraction of sp³-hybridized carbons (Fsp3) is 0.130. The van der Waals surface area contributed by atoms with Gasteiger partial charge in [0.1, 0.15) is 5.75 Å². The topological polar surface area (TPSA) is 39.9 Å². The average Bonchev–Trinajstić information content (AvgIpc) is 3.16. The second kappa shape index (κ2) is 8.76. The largest absolute Gasteiger partial charge is 0.497 e. The lowest BCUT2D eigenvalue weighted by Crippen LogP contribution is -2.04. The van der Waals surface area contributed by atoms with E-state index in [-0.39, 0.29) is 0 Å². The standard InChI is InChI=1S/C23H21N3OS/c1-27-21-14-12-20(13-15-21)22-24-25-23(28-17-19-10-6-3-7-11-19)26(22)16-18-8-4-2-5-9-18/h2-15H,16-17H2,1H3. The van der Waals surface area contributed by atoms with Gasteiger partial charge in [0.05, 0.1) is 13.7 Å². The minimum atomic E-state index is 0.728. The van der Waals surface area contributed by atoms with Crippen LogP contribution in [0.2, 0.25) is 0 Å². The number of rotatable bonds is 7. The first-order valence-corrected chi connectivity index (χ1v) is 10.1. The quantitative estimate of drug-likeness (QED) is 0.404. The molecule has 0 spiro atoms. The van der Waals surface area contributed by atoms with Crippen LogP contribution in [0.15, 0.2) is 90.1 Å². The molecule has 4 aromatic rings. The van der Waals surface area contributed by atoms with Gasteiger partial charge in [-0.2, -0.15) is 0 Å². The van der Waals surface area contributed by atoms with Crippen LogP contribution in [0.25, 0.3) is 11.4 Å². The number of aromatic nitrogens is 3. The van der Waals surface area contributed by atoms with E-state index in [0.29, 0.717) is 0 Å². The summed E-state index contributed by atoms with van der Waals surface area (Å²) in [6, 6.07) is 28.8. The summed E-state index contributed by atoms with van der Waals surface area (Å²) in [5, 5.41) is 9.91. The highest BCUT2D eigenvalue weighted by Gasteiger charge is 2.15. The molecule has 0 atom stereocenters. The zero-order valence-corrected chi connectivity index (χ0v) is 16.5. The van der Waals surface area contributed by atoms with Crippen molar-refractivity contribution >= 4 is 11.8 Å². The number of hydrogen-bond donors (Lipinski definition) is 0. The zero-order chi connectivity index (χ0) is 19.2. The average molecular weight is 388 g/mol. The molecule has 28 heavy (non-hydrogen) atoms. The summed E-state index contributed by atoms with van der Waals surface area (Å²) in [5.41, 5.74) is 3.52. The van der Waals surface area contributed by atoms with E-state index in [4.69, 9.17) is 4.74 Å². The van der Waals surface area contributed by atoms with Gasteiger partial charge in [-0.3, -0.25) is 4.57 Å². The molecule has 0 aliphatic heterocycles. The highest BCUT2D eigenvalue weighted by atomic mass is 32.2. The Morgan fingerprint density at radius 1 is 0.786 bits per heavy atom. The maximum atomic E-state index is 5.28. The van der Waals surface area contributed by atoms with Crippen molar-refractivity contribution < 1.29 is 4.74 Å². The molecule has 1 aromatic heterocycles. The fourth-order valence-corrected chi connectivity index (χ4v) is 3.87. The molecule has 3 aromatic carbocycles. The number of ether oxygens (including phenoxy) is 1. The molecule has 0 amide bonds. The molecule has 0 fully saturated rings. The van der Waals surface area contributed by atoms with Gasteiger partial charge < -0.3 is 4.74 Å². The third-order valence-corrected chi connectivity index (χ3v) is 5.50. The summed E-state index contributed by atoms with van der Waals surface area (Å²) in [6.07, 6.45) is 0. The lowest BCUT2D eigenvalue weighted by molar-refractivity contribution is 0.415. The Morgan fingerprint density at radius 2 is 1.43 bits per heavy atom. The summed E-state index contributed by atoms with van der Waals surface area (Å²) >= 11 is 1.71. The molecular weight excluding hydrogens is 366 g/mol. The van der Waals surface area contributed by atoms with E-state index in [1.165, 1.54) is 11.1 Å². The predicted octanol–water partition coefficient (Wildman–Crippen LogP) is 5.29. The molecule has 0 bridgehead atoms.